The zero-order valence-electron chi connectivity index (χ0n) is 18.2. The van der Waals surface area contributed by atoms with Gasteiger partial charge in [-0.3, -0.25) is 9.05 Å². The molecule has 28 heavy (non-hydrogen) atoms. The highest BCUT2D eigenvalue weighted by atomic mass is 31.2. The number of hydrogen-bond donors (Lipinski definition) is 4. The van der Waals surface area contributed by atoms with Gasteiger partial charge in [0.1, 0.15) is 0 Å². The van der Waals surface area contributed by atoms with Gasteiger partial charge in [0.25, 0.3) is 0 Å². The van der Waals surface area contributed by atoms with Crippen molar-refractivity contribution in [3.63, 3.8) is 0 Å². The maximum Gasteiger partial charge on any atom is 0.472 e. The lowest BCUT2D eigenvalue weighted by Gasteiger charge is -2.12. The van der Waals surface area contributed by atoms with Crippen LogP contribution in [0.25, 0.3) is 0 Å². The Kier molecular flexibility index (Phi) is 27.0. The van der Waals surface area contributed by atoms with E-state index in [1.807, 2.05) is 0 Å². The summed E-state index contributed by atoms with van der Waals surface area (Å²) in [4.78, 5) is 9.51. The van der Waals surface area contributed by atoms with Gasteiger partial charge in [-0.2, -0.15) is 0 Å². The molecule has 0 rings (SSSR count). The highest BCUT2D eigenvalue weighted by Gasteiger charge is 2.19. The Morgan fingerprint density at radius 1 is 0.679 bits per heavy atom. The fraction of sp³-hybridized carbons (Fsp3) is 1.00. The third kappa shape index (κ3) is 28.2. The number of hydrogen-bond acceptors (Lipinski definition) is 6. The number of aliphatic hydroxyl groups is 2. The molecule has 0 fully saturated rings. The first kappa shape index (κ1) is 30.2. The molecule has 0 atom stereocenters. The van der Waals surface area contributed by atoms with E-state index in [1.165, 1.54) is 51.4 Å². The zero-order chi connectivity index (χ0) is 21.3. The summed E-state index contributed by atoms with van der Waals surface area (Å²) in [6.45, 7) is 6.42. The Hall–Kier alpha value is -0.0100. The molecule has 0 aliphatic rings. The van der Waals surface area contributed by atoms with E-state index < -0.39 is 7.82 Å². The van der Waals surface area contributed by atoms with Crippen molar-refractivity contribution in [3.8, 4) is 0 Å². The molecule has 0 aromatic heterocycles. The fourth-order valence-electron chi connectivity index (χ4n) is 2.44. The lowest BCUT2D eigenvalue weighted by Crippen LogP contribution is -2.21. The van der Waals surface area contributed by atoms with E-state index in [-0.39, 0.29) is 13.2 Å². The largest absolute Gasteiger partial charge is 0.472 e. The minimum Gasteiger partial charge on any atom is -0.395 e. The Bertz CT molecular complexity index is 308. The summed E-state index contributed by atoms with van der Waals surface area (Å²) >= 11 is 0. The van der Waals surface area contributed by atoms with E-state index in [1.54, 1.807) is 0 Å². The summed E-state index contributed by atoms with van der Waals surface area (Å²) in [7, 11) is -3.82. The molecular formula is C20H46NO6P. The van der Waals surface area contributed by atoms with E-state index in [0.29, 0.717) is 26.3 Å². The molecule has 0 bridgehead atoms. The maximum absolute atomic E-state index is 11.6. The average Bonchev–Trinajstić information content (AvgIpc) is 2.67. The van der Waals surface area contributed by atoms with Crippen molar-refractivity contribution in [2.45, 2.75) is 90.9 Å². The number of aliphatic hydroxyl groups excluding tert-OH is 2. The standard InChI is InChI=1S/C16H35O4P.C4H11NO2/c1-3-5-7-9-11-13-15-19-21(17,18)20-16-14-12-10-8-6-4-2;6-3-1-5-2-4-7/h3-16H2,1-2H3,(H,17,18);5-7H,1-4H2. The van der Waals surface area contributed by atoms with E-state index in [2.05, 4.69) is 19.2 Å². The van der Waals surface area contributed by atoms with Crippen molar-refractivity contribution in [3.05, 3.63) is 0 Å². The van der Waals surface area contributed by atoms with Crippen LogP contribution in [0.2, 0.25) is 0 Å². The first-order chi connectivity index (χ1) is 13.5. The molecule has 0 radical (unpaired) electrons. The summed E-state index contributed by atoms with van der Waals surface area (Å²) in [5.74, 6) is 0. The van der Waals surface area contributed by atoms with Gasteiger partial charge in [-0.05, 0) is 12.8 Å². The molecule has 0 aromatic carbocycles. The van der Waals surface area contributed by atoms with Crippen molar-refractivity contribution in [1.82, 2.24) is 5.32 Å². The summed E-state index contributed by atoms with van der Waals surface area (Å²) in [5.41, 5.74) is 0. The number of phosphoric ester groups is 1. The van der Waals surface area contributed by atoms with Crippen molar-refractivity contribution in [2.24, 2.45) is 0 Å². The van der Waals surface area contributed by atoms with Gasteiger partial charge in [0.15, 0.2) is 0 Å². The van der Waals surface area contributed by atoms with Crippen LogP contribution in [-0.4, -0.2) is 54.6 Å². The molecule has 8 heteroatoms. The van der Waals surface area contributed by atoms with Gasteiger partial charge < -0.3 is 20.4 Å². The number of rotatable bonds is 20. The Morgan fingerprint density at radius 2 is 1.04 bits per heavy atom. The topological polar surface area (TPSA) is 108 Å². The van der Waals surface area contributed by atoms with Crippen LogP contribution in [0.15, 0.2) is 0 Å². The molecule has 0 aromatic rings. The minimum atomic E-state index is -3.82. The lowest BCUT2D eigenvalue weighted by molar-refractivity contribution is 0.145. The van der Waals surface area contributed by atoms with Gasteiger partial charge in [-0.1, -0.05) is 78.1 Å². The molecule has 0 aliphatic heterocycles. The molecule has 0 amide bonds. The second-order valence-corrected chi connectivity index (χ2v) is 8.32. The van der Waals surface area contributed by atoms with Crippen LogP contribution >= 0.6 is 7.82 Å². The van der Waals surface area contributed by atoms with E-state index in [0.717, 1.165) is 25.7 Å². The van der Waals surface area contributed by atoms with Crippen LogP contribution in [0.1, 0.15) is 90.9 Å². The minimum absolute atomic E-state index is 0.139. The predicted molar refractivity (Wildman–Crippen MR) is 116 cm³/mol. The van der Waals surface area contributed by atoms with Gasteiger partial charge in [-0.15, -0.1) is 0 Å². The van der Waals surface area contributed by atoms with Crippen LogP contribution in [-0.2, 0) is 13.6 Å². The Labute approximate surface area is 172 Å². The summed E-state index contributed by atoms with van der Waals surface area (Å²) < 4.78 is 21.5. The summed E-state index contributed by atoms with van der Waals surface area (Å²) in [6, 6.07) is 0. The predicted octanol–water partition coefficient (Wildman–Crippen LogP) is 4.40. The molecule has 0 unspecified atom stereocenters. The van der Waals surface area contributed by atoms with Crippen LogP contribution < -0.4 is 5.32 Å². The van der Waals surface area contributed by atoms with Gasteiger partial charge in [0.05, 0.1) is 26.4 Å². The van der Waals surface area contributed by atoms with E-state index in [9.17, 15) is 9.46 Å². The Balaban J connectivity index is 0. The normalized spacial score (nSPS) is 11.3. The van der Waals surface area contributed by atoms with Crippen molar-refractivity contribution in [1.29, 1.82) is 0 Å². The molecule has 0 heterocycles. The molecule has 0 spiro atoms. The highest BCUT2D eigenvalue weighted by molar-refractivity contribution is 7.47. The fourth-order valence-corrected chi connectivity index (χ4v) is 3.24. The highest BCUT2D eigenvalue weighted by Crippen LogP contribution is 2.43. The molecule has 0 saturated heterocycles. The van der Waals surface area contributed by atoms with Crippen LogP contribution in [0.3, 0.4) is 0 Å². The van der Waals surface area contributed by atoms with Crippen LogP contribution in [0.4, 0.5) is 0 Å². The average molecular weight is 428 g/mol. The van der Waals surface area contributed by atoms with Crippen LogP contribution in [0, 0.1) is 0 Å². The molecule has 4 N–H and O–H groups in total. The first-order valence-electron chi connectivity index (χ1n) is 11.1. The number of phosphoric acid groups is 1. The third-order valence-corrected chi connectivity index (χ3v) is 5.10. The monoisotopic (exact) mass is 427 g/mol. The summed E-state index contributed by atoms with van der Waals surface area (Å²) in [6.07, 6.45) is 13.6. The third-order valence-electron chi connectivity index (χ3n) is 4.08. The second-order valence-electron chi connectivity index (χ2n) is 6.87. The van der Waals surface area contributed by atoms with Crippen molar-refractivity contribution < 1.29 is 28.7 Å². The quantitative estimate of drug-likeness (QED) is 0.168. The summed E-state index contributed by atoms with van der Waals surface area (Å²) in [5, 5.41) is 19.1. The molecule has 7 nitrogen and oxygen atoms in total. The van der Waals surface area contributed by atoms with E-state index in [4.69, 9.17) is 19.3 Å². The van der Waals surface area contributed by atoms with Crippen LogP contribution in [0.5, 0.6) is 0 Å². The molecule has 0 aliphatic carbocycles. The Morgan fingerprint density at radius 3 is 1.39 bits per heavy atom. The van der Waals surface area contributed by atoms with Gasteiger partial charge >= 0.3 is 7.82 Å². The molecule has 172 valence electrons. The maximum atomic E-state index is 11.6. The smallest absolute Gasteiger partial charge is 0.395 e. The zero-order valence-corrected chi connectivity index (χ0v) is 19.1. The first-order valence-corrected chi connectivity index (χ1v) is 12.6. The van der Waals surface area contributed by atoms with E-state index >= 15 is 0 Å². The molecular weight excluding hydrogens is 381 g/mol. The molecule has 0 saturated carbocycles. The van der Waals surface area contributed by atoms with Gasteiger partial charge in [0, 0.05) is 13.1 Å². The van der Waals surface area contributed by atoms with Gasteiger partial charge in [0.2, 0.25) is 0 Å². The lowest BCUT2D eigenvalue weighted by atomic mass is 10.1. The van der Waals surface area contributed by atoms with Gasteiger partial charge in [-0.25, -0.2) is 4.57 Å². The van der Waals surface area contributed by atoms with Crippen molar-refractivity contribution >= 4 is 7.82 Å². The number of nitrogens with one attached hydrogen (secondary N) is 1. The number of unbranched alkanes of at least 4 members (excludes halogenated alkanes) is 10. The SMILES string of the molecule is CCCCCCCCOP(=O)(O)OCCCCCCCC.OCCNCCO. The second kappa shape index (κ2) is 25.0. The van der Waals surface area contributed by atoms with Crippen molar-refractivity contribution in [2.75, 3.05) is 39.5 Å².